The average molecular weight is 461 g/mol. The predicted molar refractivity (Wildman–Crippen MR) is 122 cm³/mol. The van der Waals surface area contributed by atoms with Crippen molar-refractivity contribution in [2.75, 3.05) is 6.54 Å². The largest absolute Gasteiger partial charge is 0.460 e. The predicted octanol–water partition coefficient (Wildman–Crippen LogP) is 5.02. The first-order valence-corrected chi connectivity index (χ1v) is 11.4. The number of halogens is 2. The lowest BCUT2D eigenvalue weighted by Gasteiger charge is -2.42. The van der Waals surface area contributed by atoms with E-state index in [4.69, 9.17) is 22.1 Å². The van der Waals surface area contributed by atoms with Crippen molar-refractivity contribution in [3.63, 3.8) is 0 Å². The number of amides is 1. The number of ether oxygens (including phenoxy) is 1. The third kappa shape index (κ3) is 4.81. The SMILES string of the molecule is CCC(CC)(C(=O)OCc1ccccc1)[C@H]1CC[C@@H](c2cc(F)cc(Cl)c2)N1C(=O)CN. The summed E-state index contributed by atoms with van der Waals surface area (Å²) in [6.45, 7) is 3.84. The number of nitrogens with two attached hydrogens (primary N) is 1. The van der Waals surface area contributed by atoms with Crippen molar-refractivity contribution in [2.45, 2.75) is 58.2 Å². The summed E-state index contributed by atoms with van der Waals surface area (Å²) in [5.41, 5.74) is 6.37. The Morgan fingerprint density at radius 1 is 1.16 bits per heavy atom. The molecule has 1 heterocycles. The van der Waals surface area contributed by atoms with Crippen LogP contribution < -0.4 is 5.73 Å². The van der Waals surface area contributed by atoms with Gasteiger partial charge in [0.25, 0.3) is 0 Å². The van der Waals surface area contributed by atoms with Crippen LogP contribution in [0.4, 0.5) is 4.39 Å². The molecule has 0 unspecified atom stereocenters. The van der Waals surface area contributed by atoms with Crippen LogP contribution in [0.15, 0.2) is 48.5 Å². The van der Waals surface area contributed by atoms with Gasteiger partial charge < -0.3 is 15.4 Å². The molecule has 0 aliphatic carbocycles. The fourth-order valence-electron chi connectivity index (χ4n) is 4.91. The first-order valence-electron chi connectivity index (χ1n) is 11.0. The highest BCUT2D eigenvalue weighted by Crippen LogP contribution is 2.47. The van der Waals surface area contributed by atoms with Gasteiger partial charge in [-0.2, -0.15) is 0 Å². The summed E-state index contributed by atoms with van der Waals surface area (Å²) in [6.07, 6.45) is 2.19. The second-order valence-corrected chi connectivity index (χ2v) is 8.68. The van der Waals surface area contributed by atoms with Crippen LogP contribution in [-0.2, 0) is 20.9 Å². The van der Waals surface area contributed by atoms with Gasteiger partial charge in [0, 0.05) is 11.1 Å². The minimum Gasteiger partial charge on any atom is -0.460 e. The Kier molecular flexibility index (Phi) is 7.91. The summed E-state index contributed by atoms with van der Waals surface area (Å²) in [5.74, 6) is -1.07. The smallest absolute Gasteiger partial charge is 0.314 e. The van der Waals surface area contributed by atoms with Crippen LogP contribution in [0.5, 0.6) is 0 Å². The van der Waals surface area contributed by atoms with Crippen LogP contribution in [0.25, 0.3) is 0 Å². The molecule has 2 atom stereocenters. The average Bonchev–Trinajstić information content (AvgIpc) is 3.24. The minimum atomic E-state index is -0.883. The number of esters is 1. The Hall–Kier alpha value is -2.44. The molecule has 0 bridgehead atoms. The zero-order valence-corrected chi connectivity index (χ0v) is 19.3. The number of nitrogens with zero attached hydrogens (tertiary/aromatic N) is 1. The van der Waals surface area contributed by atoms with Crippen LogP contribution >= 0.6 is 11.6 Å². The quantitative estimate of drug-likeness (QED) is 0.561. The zero-order valence-electron chi connectivity index (χ0n) is 18.5. The molecule has 0 aromatic heterocycles. The van der Waals surface area contributed by atoms with Gasteiger partial charge in [0.05, 0.1) is 18.0 Å². The number of hydrogen-bond donors (Lipinski definition) is 1. The molecule has 5 nitrogen and oxygen atoms in total. The van der Waals surface area contributed by atoms with E-state index >= 15 is 0 Å². The van der Waals surface area contributed by atoms with E-state index in [2.05, 4.69) is 0 Å². The van der Waals surface area contributed by atoms with E-state index < -0.39 is 23.3 Å². The summed E-state index contributed by atoms with van der Waals surface area (Å²) in [4.78, 5) is 28.1. The molecule has 172 valence electrons. The topological polar surface area (TPSA) is 72.6 Å². The normalized spacial score (nSPS) is 18.6. The molecule has 1 aliphatic rings. The number of carbonyl (C=O) groups is 2. The monoisotopic (exact) mass is 460 g/mol. The van der Waals surface area contributed by atoms with Gasteiger partial charge in [-0.15, -0.1) is 0 Å². The molecule has 0 saturated carbocycles. The maximum Gasteiger partial charge on any atom is 0.314 e. The van der Waals surface area contributed by atoms with Crippen LogP contribution in [-0.4, -0.2) is 29.4 Å². The molecule has 32 heavy (non-hydrogen) atoms. The Bertz CT molecular complexity index is 929. The van der Waals surface area contributed by atoms with Crippen molar-refractivity contribution in [1.82, 2.24) is 4.90 Å². The minimum absolute atomic E-state index is 0.169. The van der Waals surface area contributed by atoms with Gasteiger partial charge in [-0.25, -0.2) is 4.39 Å². The highest BCUT2D eigenvalue weighted by molar-refractivity contribution is 6.30. The van der Waals surface area contributed by atoms with Crippen LogP contribution in [0.2, 0.25) is 5.02 Å². The molecule has 2 aromatic rings. The summed E-state index contributed by atoms with van der Waals surface area (Å²) in [5, 5.41) is 0.267. The van der Waals surface area contributed by atoms with Gasteiger partial charge in [-0.1, -0.05) is 55.8 Å². The summed E-state index contributed by atoms with van der Waals surface area (Å²) in [7, 11) is 0. The molecule has 1 saturated heterocycles. The van der Waals surface area contributed by atoms with Crippen molar-refractivity contribution in [2.24, 2.45) is 11.1 Å². The van der Waals surface area contributed by atoms with E-state index in [0.29, 0.717) is 31.2 Å². The molecule has 0 radical (unpaired) electrons. The molecule has 7 heteroatoms. The van der Waals surface area contributed by atoms with Gasteiger partial charge in [0.15, 0.2) is 0 Å². The molecule has 2 aromatic carbocycles. The summed E-state index contributed by atoms with van der Waals surface area (Å²) < 4.78 is 19.8. The van der Waals surface area contributed by atoms with E-state index in [9.17, 15) is 14.0 Å². The van der Waals surface area contributed by atoms with E-state index in [1.54, 1.807) is 11.0 Å². The van der Waals surface area contributed by atoms with Crippen molar-refractivity contribution < 1.29 is 18.7 Å². The third-order valence-corrected chi connectivity index (χ3v) is 6.85. The summed E-state index contributed by atoms with van der Waals surface area (Å²) in [6, 6.07) is 13.0. The highest BCUT2D eigenvalue weighted by Gasteiger charge is 2.52. The Morgan fingerprint density at radius 3 is 2.44 bits per heavy atom. The van der Waals surface area contributed by atoms with Gasteiger partial charge in [0.2, 0.25) is 5.91 Å². The van der Waals surface area contributed by atoms with Gasteiger partial charge >= 0.3 is 5.97 Å². The molecule has 1 fully saturated rings. The number of hydrogen-bond acceptors (Lipinski definition) is 4. The van der Waals surface area contributed by atoms with E-state index in [0.717, 1.165) is 5.56 Å². The molecular formula is C25H30ClFN2O3. The van der Waals surface area contributed by atoms with Crippen LogP contribution in [0, 0.1) is 11.2 Å². The van der Waals surface area contributed by atoms with Crippen molar-refractivity contribution in [1.29, 1.82) is 0 Å². The van der Waals surface area contributed by atoms with E-state index in [1.807, 2.05) is 44.2 Å². The first kappa shape index (κ1) is 24.2. The molecule has 3 rings (SSSR count). The Labute approximate surface area is 193 Å². The second-order valence-electron chi connectivity index (χ2n) is 8.24. The maximum absolute atomic E-state index is 14.1. The standard InChI is InChI=1S/C25H30ClFN2O3/c1-3-25(4-2,24(31)32-16-17-8-6-5-7-9-17)22-11-10-21(29(22)23(30)15-28)18-12-19(26)14-20(27)13-18/h5-9,12-14,21-22H,3-4,10-11,15-16,28H2,1-2H3/t21-,22+/m0/s1. The summed E-state index contributed by atoms with van der Waals surface area (Å²) >= 11 is 6.08. The lowest BCUT2D eigenvalue weighted by Crippen LogP contribution is -2.53. The lowest BCUT2D eigenvalue weighted by atomic mass is 9.74. The van der Waals surface area contributed by atoms with Crippen molar-refractivity contribution >= 4 is 23.5 Å². The Balaban J connectivity index is 1.93. The number of rotatable bonds is 8. The lowest BCUT2D eigenvalue weighted by molar-refractivity contribution is -0.164. The van der Waals surface area contributed by atoms with Gasteiger partial charge in [0.1, 0.15) is 12.4 Å². The number of likely N-dealkylation sites (tertiary alicyclic amines) is 1. The highest BCUT2D eigenvalue weighted by atomic mass is 35.5. The third-order valence-electron chi connectivity index (χ3n) is 6.64. The van der Waals surface area contributed by atoms with Crippen molar-refractivity contribution in [3.05, 3.63) is 70.5 Å². The zero-order chi connectivity index (χ0) is 23.3. The molecular weight excluding hydrogens is 431 g/mol. The molecule has 1 aliphatic heterocycles. The molecule has 1 amide bonds. The first-order chi connectivity index (χ1) is 15.4. The van der Waals surface area contributed by atoms with Crippen LogP contribution in [0.3, 0.4) is 0 Å². The fraction of sp³-hybridized carbons (Fsp3) is 0.440. The number of benzene rings is 2. The van der Waals surface area contributed by atoms with Crippen molar-refractivity contribution in [3.8, 4) is 0 Å². The van der Waals surface area contributed by atoms with E-state index in [-0.39, 0.29) is 30.1 Å². The Morgan fingerprint density at radius 2 is 1.84 bits per heavy atom. The molecule has 0 spiro atoms. The second kappa shape index (κ2) is 10.5. The fourth-order valence-corrected chi connectivity index (χ4v) is 5.14. The van der Waals surface area contributed by atoms with E-state index in [1.165, 1.54) is 12.1 Å². The van der Waals surface area contributed by atoms with Gasteiger partial charge in [-0.3, -0.25) is 9.59 Å². The maximum atomic E-state index is 14.1. The van der Waals surface area contributed by atoms with Crippen LogP contribution in [0.1, 0.15) is 56.7 Å². The molecule has 2 N–H and O–H groups in total. The number of carbonyl (C=O) groups excluding carboxylic acids is 2. The van der Waals surface area contributed by atoms with Gasteiger partial charge in [-0.05, 0) is 55.0 Å².